The van der Waals surface area contributed by atoms with Crippen LogP contribution in [0, 0.1) is 18.3 Å². The highest BCUT2D eigenvalue weighted by molar-refractivity contribution is 8.00. The van der Waals surface area contributed by atoms with Crippen LogP contribution < -0.4 is 4.74 Å². The van der Waals surface area contributed by atoms with Gasteiger partial charge in [0, 0.05) is 29.9 Å². The van der Waals surface area contributed by atoms with Crippen molar-refractivity contribution in [3.8, 4) is 17.6 Å². The van der Waals surface area contributed by atoms with Crippen molar-refractivity contribution in [3.63, 3.8) is 0 Å². The molecule has 2 aromatic rings. The molecule has 28 heavy (non-hydrogen) atoms. The molecule has 3 rings (SSSR count). The van der Waals surface area contributed by atoms with Crippen LogP contribution in [-0.2, 0) is 9.84 Å². The third kappa shape index (κ3) is 4.49. The standard InChI is InChI=1S/C20H20N2O4S2/c1-14-11-15(12-21)3-8-18(14)26-17-6-4-16(5-7-17)20(23)22-9-10-27-13-19(22)28(2,24)25/h3-8,11,19H,9-10,13H2,1-2H3. The predicted molar refractivity (Wildman–Crippen MR) is 109 cm³/mol. The zero-order valence-electron chi connectivity index (χ0n) is 15.6. The van der Waals surface area contributed by atoms with Crippen LogP contribution in [0.3, 0.4) is 0 Å². The number of hydrogen-bond donors (Lipinski definition) is 0. The fraction of sp³-hybridized carbons (Fsp3) is 0.300. The molecule has 1 unspecified atom stereocenters. The van der Waals surface area contributed by atoms with E-state index in [0.29, 0.717) is 34.9 Å². The molecule has 0 N–H and O–H groups in total. The number of amides is 1. The van der Waals surface area contributed by atoms with Crippen molar-refractivity contribution in [2.45, 2.75) is 12.3 Å². The highest BCUT2D eigenvalue weighted by Crippen LogP contribution is 2.27. The van der Waals surface area contributed by atoms with Gasteiger partial charge in [-0.2, -0.15) is 17.0 Å². The van der Waals surface area contributed by atoms with Gasteiger partial charge in [0.15, 0.2) is 9.84 Å². The molecule has 0 aromatic heterocycles. The first-order chi connectivity index (χ1) is 13.3. The molecule has 1 saturated heterocycles. The normalized spacial score (nSPS) is 17.0. The van der Waals surface area contributed by atoms with Gasteiger partial charge in [-0.05, 0) is 55.0 Å². The van der Waals surface area contributed by atoms with E-state index in [1.165, 1.54) is 11.2 Å². The minimum absolute atomic E-state index is 0.295. The molecule has 1 fully saturated rings. The highest BCUT2D eigenvalue weighted by Gasteiger charge is 2.34. The van der Waals surface area contributed by atoms with E-state index < -0.39 is 15.2 Å². The number of benzene rings is 2. The molecule has 1 heterocycles. The first-order valence-corrected chi connectivity index (χ1v) is 11.8. The van der Waals surface area contributed by atoms with Crippen molar-refractivity contribution in [2.24, 2.45) is 0 Å². The summed E-state index contributed by atoms with van der Waals surface area (Å²) in [5.41, 5.74) is 1.82. The van der Waals surface area contributed by atoms with E-state index >= 15 is 0 Å². The lowest BCUT2D eigenvalue weighted by atomic mass is 10.1. The lowest BCUT2D eigenvalue weighted by Crippen LogP contribution is -2.49. The summed E-state index contributed by atoms with van der Waals surface area (Å²) in [5.74, 6) is 2.00. The van der Waals surface area contributed by atoms with E-state index in [4.69, 9.17) is 10.00 Å². The molecule has 0 saturated carbocycles. The number of rotatable bonds is 4. The summed E-state index contributed by atoms with van der Waals surface area (Å²) in [4.78, 5) is 14.3. The molecule has 8 heteroatoms. The fourth-order valence-corrected chi connectivity index (χ4v) is 5.77. The summed E-state index contributed by atoms with van der Waals surface area (Å²) in [6, 6.07) is 13.9. The first kappa shape index (κ1) is 20.2. The maximum atomic E-state index is 12.8. The van der Waals surface area contributed by atoms with Crippen molar-refractivity contribution >= 4 is 27.5 Å². The number of ether oxygens (including phenoxy) is 1. The zero-order chi connectivity index (χ0) is 20.3. The summed E-state index contributed by atoms with van der Waals surface area (Å²) in [7, 11) is -3.35. The van der Waals surface area contributed by atoms with Crippen LogP contribution in [0.1, 0.15) is 21.5 Å². The van der Waals surface area contributed by atoms with Crippen molar-refractivity contribution in [1.29, 1.82) is 5.26 Å². The van der Waals surface area contributed by atoms with Crippen LogP contribution in [0.25, 0.3) is 0 Å². The van der Waals surface area contributed by atoms with E-state index in [2.05, 4.69) is 6.07 Å². The van der Waals surface area contributed by atoms with Crippen LogP contribution >= 0.6 is 11.8 Å². The maximum Gasteiger partial charge on any atom is 0.254 e. The third-order valence-electron chi connectivity index (χ3n) is 4.47. The summed E-state index contributed by atoms with van der Waals surface area (Å²) < 4.78 is 29.9. The fourth-order valence-electron chi connectivity index (χ4n) is 2.96. The number of hydrogen-bond acceptors (Lipinski definition) is 6. The quantitative estimate of drug-likeness (QED) is 0.761. The lowest BCUT2D eigenvalue weighted by Gasteiger charge is -2.34. The highest BCUT2D eigenvalue weighted by atomic mass is 32.2. The minimum Gasteiger partial charge on any atom is -0.457 e. The van der Waals surface area contributed by atoms with Gasteiger partial charge in [-0.3, -0.25) is 4.79 Å². The Kier molecular flexibility index (Phi) is 5.96. The maximum absolute atomic E-state index is 12.8. The molecule has 1 atom stereocenters. The second-order valence-electron chi connectivity index (χ2n) is 6.58. The molecular weight excluding hydrogens is 396 g/mol. The van der Waals surface area contributed by atoms with Gasteiger partial charge in [-0.15, -0.1) is 0 Å². The number of carbonyl (C=O) groups is 1. The molecule has 1 aliphatic heterocycles. The smallest absolute Gasteiger partial charge is 0.254 e. The average molecular weight is 417 g/mol. The van der Waals surface area contributed by atoms with Crippen LogP contribution in [0.2, 0.25) is 0 Å². The molecule has 0 aliphatic carbocycles. The summed E-state index contributed by atoms with van der Waals surface area (Å²) in [6.07, 6.45) is 1.17. The van der Waals surface area contributed by atoms with E-state index in [1.807, 2.05) is 6.92 Å². The molecule has 2 aromatic carbocycles. The number of nitriles is 1. The number of aryl methyl sites for hydroxylation is 1. The Morgan fingerprint density at radius 3 is 2.57 bits per heavy atom. The Balaban J connectivity index is 1.77. The largest absolute Gasteiger partial charge is 0.457 e. The summed E-state index contributed by atoms with van der Waals surface area (Å²) >= 11 is 1.54. The Morgan fingerprint density at radius 1 is 1.25 bits per heavy atom. The molecule has 1 aliphatic rings. The summed E-state index contributed by atoms with van der Waals surface area (Å²) in [5, 5.41) is 8.14. The van der Waals surface area contributed by atoms with Gasteiger partial charge in [0.2, 0.25) is 0 Å². The average Bonchev–Trinajstić information content (AvgIpc) is 2.69. The number of carbonyl (C=O) groups excluding carboxylic acids is 1. The van der Waals surface area contributed by atoms with Crippen LogP contribution in [0.4, 0.5) is 0 Å². The summed E-state index contributed by atoms with van der Waals surface area (Å²) in [6.45, 7) is 2.26. The predicted octanol–water partition coefficient (Wildman–Crippen LogP) is 3.22. The van der Waals surface area contributed by atoms with E-state index in [9.17, 15) is 13.2 Å². The van der Waals surface area contributed by atoms with Crippen molar-refractivity contribution < 1.29 is 17.9 Å². The molecule has 0 bridgehead atoms. The SMILES string of the molecule is Cc1cc(C#N)ccc1Oc1ccc(C(=O)N2CCSCC2S(C)(=O)=O)cc1. The van der Waals surface area contributed by atoms with Crippen molar-refractivity contribution in [2.75, 3.05) is 24.3 Å². The number of nitrogens with zero attached hydrogens (tertiary/aromatic N) is 2. The molecule has 0 radical (unpaired) electrons. The second kappa shape index (κ2) is 8.25. The van der Waals surface area contributed by atoms with Gasteiger partial charge in [0.25, 0.3) is 5.91 Å². The Labute approximate surface area is 169 Å². The lowest BCUT2D eigenvalue weighted by molar-refractivity contribution is 0.0749. The van der Waals surface area contributed by atoms with Gasteiger partial charge in [0.1, 0.15) is 16.9 Å². The first-order valence-electron chi connectivity index (χ1n) is 8.66. The van der Waals surface area contributed by atoms with Crippen molar-refractivity contribution in [1.82, 2.24) is 4.90 Å². The molecule has 1 amide bonds. The van der Waals surface area contributed by atoms with Crippen LogP contribution in [0.15, 0.2) is 42.5 Å². The molecular formula is C20H20N2O4S2. The second-order valence-corrected chi connectivity index (χ2v) is 9.93. The topological polar surface area (TPSA) is 87.5 Å². The molecule has 146 valence electrons. The molecule has 0 spiro atoms. The Hall–Kier alpha value is -2.50. The minimum atomic E-state index is -3.35. The number of thioether (sulfide) groups is 1. The Morgan fingerprint density at radius 2 is 1.96 bits per heavy atom. The third-order valence-corrected chi connectivity index (χ3v) is 7.12. The van der Waals surface area contributed by atoms with Gasteiger partial charge in [-0.25, -0.2) is 8.42 Å². The number of sulfone groups is 1. The van der Waals surface area contributed by atoms with E-state index in [0.717, 1.165) is 11.3 Å². The molecule has 6 nitrogen and oxygen atoms in total. The van der Waals surface area contributed by atoms with Crippen LogP contribution in [0.5, 0.6) is 11.5 Å². The van der Waals surface area contributed by atoms with E-state index in [-0.39, 0.29) is 5.91 Å². The van der Waals surface area contributed by atoms with Gasteiger partial charge >= 0.3 is 0 Å². The van der Waals surface area contributed by atoms with Gasteiger partial charge in [-0.1, -0.05) is 0 Å². The van der Waals surface area contributed by atoms with Gasteiger partial charge < -0.3 is 9.64 Å². The zero-order valence-corrected chi connectivity index (χ0v) is 17.2. The Bertz CT molecular complexity index is 1030. The van der Waals surface area contributed by atoms with Gasteiger partial charge in [0.05, 0.1) is 11.6 Å². The van der Waals surface area contributed by atoms with Crippen LogP contribution in [-0.4, -0.2) is 48.9 Å². The van der Waals surface area contributed by atoms with Crippen molar-refractivity contribution in [3.05, 3.63) is 59.2 Å². The monoisotopic (exact) mass is 416 g/mol. The van der Waals surface area contributed by atoms with E-state index in [1.54, 1.807) is 54.2 Å².